The zero-order valence-corrected chi connectivity index (χ0v) is 20.5. The van der Waals surface area contributed by atoms with Crippen molar-refractivity contribution in [1.82, 2.24) is 25.2 Å². The zero-order chi connectivity index (χ0) is 27.5. The van der Waals surface area contributed by atoms with Crippen LogP contribution < -0.4 is 10.1 Å². The number of nitrogens with one attached hydrogen (secondary N) is 1. The Morgan fingerprint density at radius 3 is 2.58 bits per heavy atom. The third-order valence-corrected chi connectivity index (χ3v) is 5.24. The molecule has 38 heavy (non-hydrogen) atoms. The minimum atomic E-state index is -4.93. The Morgan fingerprint density at radius 1 is 1.05 bits per heavy atom. The summed E-state index contributed by atoms with van der Waals surface area (Å²) in [4.78, 5) is 24.3. The number of carbonyl (C=O) groups excluding carboxylic acids is 2. The van der Waals surface area contributed by atoms with Gasteiger partial charge in [0.1, 0.15) is 17.3 Å². The normalized spacial score (nSPS) is 11.4. The van der Waals surface area contributed by atoms with Crippen LogP contribution in [-0.4, -0.2) is 57.0 Å². The Bertz CT molecular complexity index is 1220. The standard InChI is InChI=1S/C24H26F4N6O4/c1-37-12-4-6-21(35)20-15-34(33-31-20)11-3-2-5-17-7-10-22(32-30-17)29-23(36)14-16-13-18(8-9-19(16)25)38-24(26,27)28/h7-10,13,15H,2-6,11-12,14H2,1H3,(H,29,32,36). The summed E-state index contributed by atoms with van der Waals surface area (Å²) in [5, 5.41) is 18.3. The number of carbonyl (C=O) groups is 2. The summed E-state index contributed by atoms with van der Waals surface area (Å²) in [5.41, 5.74) is 0.747. The van der Waals surface area contributed by atoms with Gasteiger partial charge in [-0.25, -0.2) is 4.39 Å². The number of Topliss-reactive ketones (excluding diaryl/α,β-unsaturated/α-hetero) is 1. The van der Waals surface area contributed by atoms with Crippen LogP contribution in [0.5, 0.6) is 5.75 Å². The quantitative estimate of drug-likeness (QED) is 0.186. The number of anilines is 1. The third-order valence-electron chi connectivity index (χ3n) is 5.24. The number of benzene rings is 1. The van der Waals surface area contributed by atoms with E-state index in [-0.39, 0.29) is 17.2 Å². The number of aromatic nitrogens is 5. The molecule has 0 aliphatic heterocycles. The predicted octanol–water partition coefficient (Wildman–Crippen LogP) is 3.92. The van der Waals surface area contributed by atoms with Crippen molar-refractivity contribution in [2.75, 3.05) is 19.0 Å². The van der Waals surface area contributed by atoms with E-state index in [9.17, 15) is 27.2 Å². The maximum atomic E-state index is 13.9. The van der Waals surface area contributed by atoms with Crippen molar-refractivity contribution in [1.29, 1.82) is 0 Å². The number of halogens is 4. The largest absolute Gasteiger partial charge is 0.573 e. The maximum Gasteiger partial charge on any atom is 0.573 e. The fraction of sp³-hybridized carbons (Fsp3) is 0.417. The molecule has 0 unspecified atom stereocenters. The Balaban J connectivity index is 1.41. The lowest BCUT2D eigenvalue weighted by Crippen LogP contribution is -2.18. The second-order valence-corrected chi connectivity index (χ2v) is 8.28. The fourth-order valence-corrected chi connectivity index (χ4v) is 3.42. The fourth-order valence-electron chi connectivity index (χ4n) is 3.42. The molecule has 1 amide bonds. The predicted molar refractivity (Wildman–Crippen MR) is 126 cm³/mol. The van der Waals surface area contributed by atoms with Gasteiger partial charge in [0.05, 0.1) is 18.3 Å². The summed E-state index contributed by atoms with van der Waals surface area (Å²) in [6.45, 7) is 1.08. The molecule has 2 aromatic heterocycles. The van der Waals surface area contributed by atoms with Gasteiger partial charge in [-0.15, -0.1) is 23.4 Å². The number of unbranched alkanes of at least 4 members (excludes halogenated alkanes) is 1. The van der Waals surface area contributed by atoms with E-state index in [1.165, 1.54) is 6.07 Å². The molecule has 0 saturated heterocycles. The smallest absolute Gasteiger partial charge is 0.406 e. The average Bonchev–Trinajstić information content (AvgIpc) is 3.33. The molecule has 2 heterocycles. The van der Waals surface area contributed by atoms with Crippen molar-refractivity contribution in [2.45, 2.75) is 51.4 Å². The highest BCUT2D eigenvalue weighted by molar-refractivity contribution is 5.93. The first-order valence-electron chi connectivity index (χ1n) is 11.7. The molecule has 0 aliphatic carbocycles. The van der Waals surface area contributed by atoms with E-state index in [1.54, 1.807) is 24.1 Å². The zero-order valence-electron chi connectivity index (χ0n) is 20.5. The van der Waals surface area contributed by atoms with E-state index in [4.69, 9.17) is 4.74 Å². The van der Waals surface area contributed by atoms with Crippen LogP contribution in [0.4, 0.5) is 23.4 Å². The maximum absolute atomic E-state index is 13.9. The van der Waals surface area contributed by atoms with Crippen molar-refractivity contribution in [3.63, 3.8) is 0 Å². The number of rotatable bonds is 14. The Morgan fingerprint density at radius 2 is 1.87 bits per heavy atom. The molecule has 0 atom stereocenters. The van der Waals surface area contributed by atoms with Gasteiger partial charge in [-0.3, -0.25) is 14.3 Å². The van der Waals surface area contributed by atoms with E-state index >= 15 is 0 Å². The first-order chi connectivity index (χ1) is 18.1. The van der Waals surface area contributed by atoms with Crippen molar-refractivity contribution in [3.05, 3.63) is 59.3 Å². The first-order valence-corrected chi connectivity index (χ1v) is 11.7. The lowest BCUT2D eigenvalue weighted by molar-refractivity contribution is -0.274. The van der Waals surface area contributed by atoms with E-state index in [1.807, 2.05) is 0 Å². The molecule has 1 N–H and O–H groups in total. The second kappa shape index (κ2) is 13.6. The molecule has 0 bridgehead atoms. The van der Waals surface area contributed by atoms with Crippen LogP contribution in [0.15, 0.2) is 36.5 Å². The van der Waals surface area contributed by atoms with Crippen LogP contribution in [-0.2, 0) is 28.9 Å². The van der Waals surface area contributed by atoms with Gasteiger partial charge in [0.2, 0.25) is 5.91 Å². The second-order valence-electron chi connectivity index (χ2n) is 8.28. The van der Waals surface area contributed by atoms with Crippen LogP contribution in [0.3, 0.4) is 0 Å². The van der Waals surface area contributed by atoms with Crippen LogP contribution in [0.2, 0.25) is 0 Å². The van der Waals surface area contributed by atoms with E-state index in [2.05, 4.69) is 30.6 Å². The molecule has 204 valence electrons. The molecular formula is C24H26F4N6O4. The summed E-state index contributed by atoms with van der Waals surface area (Å²) in [5.74, 6) is -2.11. The minimum Gasteiger partial charge on any atom is -0.406 e. The monoisotopic (exact) mass is 538 g/mol. The summed E-state index contributed by atoms with van der Waals surface area (Å²) in [7, 11) is 1.58. The highest BCUT2D eigenvalue weighted by Gasteiger charge is 2.31. The Kier molecular flexibility index (Phi) is 10.2. The lowest BCUT2D eigenvalue weighted by Gasteiger charge is -2.11. The minimum absolute atomic E-state index is 0.0788. The number of alkyl halides is 3. The highest BCUT2D eigenvalue weighted by atomic mass is 19.4. The number of hydrogen-bond acceptors (Lipinski definition) is 8. The number of ether oxygens (including phenoxy) is 2. The lowest BCUT2D eigenvalue weighted by atomic mass is 10.1. The molecule has 0 fully saturated rings. The number of hydrogen-bond donors (Lipinski definition) is 1. The van der Waals surface area contributed by atoms with Gasteiger partial charge in [0, 0.05) is 32.2 Å². The number of methoxy groups -OCH3 is 1. The van der Waals surface area contributed by atoms with Crippen molar-refractivity contribution >= 4 is 17.5 Å². The van der Waals surface area contributed by atoms with Gasteiger partial charge >= 0.3 is 6.36 Å². The summed E-state index contributed by atoms with van der Waals surface area (Å²) in [6, 6.07) is 5.64. The van der Waals surface area contributed by atoms with Crippen LogP contribution >= 0.6 is 0 Å². The molecule has 3 aromatic rings. The summed E-state index contributed by atoms with van der Waals surface area (Å²) >= 11 is 0. The van der Waals surface area contributed by atoms with E-state index in [0.717, 1.165) is 31.0 Å². The number of aryl methyl sites for hydroxylation is 2. The highest BCUT2D eigenvalue weighted by Crippen LogP contribution is 2.25. The van der Waals surface area contributed by atoms with E-state index in [0.29, 0.717) is 43.8 Å². The molecule has 0 spiro atoms. The Hall–Kier alpha value is -3.94. The van der Waals surface area contributed by atoms with Gasteiger partial charge in [-0.2, -0.15) is 5.10 Å². The van der Waals surface area contributed by atoms with Crippen molar-refractivity contribution < 1.29 is 36.6 Å². The molecule has 0 aliphatic rings. The van der Waals surface area contributed by atoms with Gasteiger partial charge in [0.25, 0.3) is 0 Å². The van der Waals surface area contributed by atoms with Crippen molar-refractivity contribution in [3.8, 4) is 5.75 Å². The molecule has 14 heteroatoms. The number of ketones is 1. The number of nitrogens with zero attached hydrogens (tertiary/aromatic N) is 5. The van der Waals surface area contributed by atoms with Gasteiger partial charge in [0.15, 0.2) is 11.6 Å². The van der Waals surface area contributed by atoms with Crippen LogP contribution in [0.25, 0.3) is 0 Å². The molecular weight excluding hydrogens is 512 g/mol. The van der Waals surface area contributed by atoms with Gasteiger partial charge in [-0.05, 0) is 56.0 Å². The summed E-state index contributed by atoms with van der Waals surface area (Å²) in [6.07, 6.45) is -0.738. The number of amides is 1. The summed E-state index contributed by atoms with van der Waals surface area (Å²) < 4.78 is 61.3. The third kappa shape index (κ3) is 9.50. The van der Waals surface area contributed by atoms with Crippen molar-refractivity contribution in [2.24, 2.45) is 0 Å². The molecule has 0 radical (unpaired) electrons. The molecule has 10 nitrogen and oxygen atoms in total. The molecule has 1 aromatic carbocycles. The topological polar surface area (TPSA) is 121 Å². The Labute approximate surface area is 215 Å². The molecule has 3 rings (SSSR count). The SMILES string of the molecule is COCCCC(=O)c1cn(CCCCc2ccc(NC(=O)Cc3cc(OC(F)(F)F)ccc3F)nn2)nn1. The van der Waals surface area contributed by atoms with Crippen LogP contribution in [0.1, 0.15) is 47.4 Å². The average molecular weight is 539 g/mol. The van der Waals surface area contributed by atoms with Gasteiger partial charge < -0.3 is 14.8 Å². The first kappa shape index (κ1) is 28.6. The van der Waals surface area contributed by atoms with Crippen LogP contribution in [0, 0.1) is 5.82 Å². The molecule has 0 saturated carbocycles. The van der Waals surface area contributed by atoms with Gasteiger partial charge in [-0.1, -0.05) is 5.21 Å². The van der Waals surface area contributed by atoms with E-state index < -0.39 is 30.3 Å².